The molecule has 0 aromatic heterocycles. The number of hydrogen-bond acceptors (Lipinski definition) is 4. The Labute approximate surface area is 98.6 Å². The molecule has 0 aliphatic carbocycles. The molecular formula is C12H14O5. The Kier molecular flexibility index (Phi) is 4.51. The zero-order chi connectivity index (χ0) is 12.8. The van der Waals surface area contributed by atoms with E-state index >= 15 is 0 Å². The molecule has 1 atom stereocenters. The van der Waals surface area contributed by atoms with Crippen molar-refractivity contribution in [2.45, 2.75) is 13.3 Å². The van der Waals surface area contributed by atoms with Gasteiger partial charge in [0.25, 0.3) is 0 Å². The average molecular weight is 238 g/mol. The van der Waals surface area contributed by atoms with E-state index in [1.807, 2.05) is 0 Å². The molecule has 0 saturated heterocycles. The summed E-state index contributed by atoms with van der Waals surface area (Å²) in [6.07, 6.45) is 0.0621. The molecule has 5 heteroatoms. The summed E-state index contributed by atoms with van der Waals surface area (Å²) in [4.78, 5) is 21.8. The predicted octanol–water partition coefficient (Wildman–Crippen LogP) is 1.20. The third-order valence-corrected chi connectivity index (χ3v) is 2.20. The van der Waals surface area contributed by atoms with Gasteiger partial charge in [-0.1, -0.05) is 12.1 Å². The Balaban J connectivity index is 2.39. The summed E-state index contributed by atoms with van der Waals surface area (Å²) < 4.78 is 4.82. The minimum atomic E-state index is -0.998. The smallest absolute Gasteiger partial charge is 0.310 e. The molecule has 5 nitrogen and oxygen atoms in total. The van der Waals surface area contributed by atoms with Crippen LogP contribution in [-0.4, -0.2) is 28.8 Å². The standard InChI is InChI=1S/C12H14O5/c1-8(12(15)16)7-17-11(14)6-9-2-4-10(13)5-3-9/h2-5,8,13H,6-7H2,1H3,(H,15,16). The van der Waals surface area contributed by atoms with E-state index in [1.165, 1.54) is 19.1 Å². The van der Waals surface area contributed by atoms with E-state index in [1.54, 1.807) is 12.1 Å². The van der Waals surface area contributed by atoms with Crippen LogP contribution in [0.3, 0.4) is 0 Å². The van der Waals surface area contributed by atoms with Crippen LogP contribution in [0.1, 0.15) is 12.5 Å². The number of phenols is 1. The van der Waals surface area contributed by atoms with Crippen molar-refractivity contribution in [2.75, 3.05) is 6.61 Å². The number of carbonyl (C=O) groups excluding carboxylic acids is 1. The third-order valence-electron chi connectivity index (χ3n) is 2.20. The average Bonchev–Trinajstić information content (AvgIpc) is 2.29. The van der Waals surface area contributed by atoms with Crippen LogP contribution in [0.25, 0.3) is 0 Å². The van der Waals surface area contributed by atoms with Gasteiger partial charge in [-0.15, -0.1) is 0 Å². The minimum absolute atomic E-state index is 0.0621. The van der Waals surface area contributed by atoms with Crippen LogP contribution in [0.15, 0.2) is 24.3 Å². The molecule has 1 unspecified atom stereocenters. The number of hydrogen-bond donors (Lipinski definition) is 2. The van der Waals surface area contributed by atoms with Gasteiger partial charge in [-0.05, 0) is 24.6 Å². The van der Waals surface area contributed by atoms with Crippen LogP contribution >= 0.6 is 0 Å². The maximum atomic E-state index is 11.3. The molecular weight excluding hydrogens is 224 g/mol. The molecule has 1 aromatic rings. The summed E-state index contributed by atoms with van der Waals surface area (Å²) in [5.41, 5.74) is 0.704. The maximum absolute atomic E-state index is 11.3. The van der Waals surface area contributed by atoms with Gasteiger partial charge in [0.2, 0.25) is 0 Å². The maximum Gasteiger partial charge on any atom is 0.310 e. The lowest BCUT2D eigenvalue weighted by molar-refractivity contribution is -0.149. The summed E-state index contributed by atoms with van der Waals surface area (Å²) >= 11 is 0. The number of rotatable bonds is 5. The quantitative estimate of drug-likeness (QED) is 0.753. The highest BCUT2D eigenvalue weighted by Gasteiger charge is 2.13. The Morgan fingerprint density at radius 1 is 1.29 bits per heavy atom. The van der Waals surface area contributed by atoms with Gasteiger partial charge >= 0.3 is 11.9 Å². The SMILES string of the molecule is CC(COC(=O)Cc1ccc(O)cc1)C(=O)O. The number of aromatic hydroxyl groups is 1. The lowest BCUT2D eigenvalue weighted by atomic mass is 10.1. The van der Waals surface area contributed by atoms with Crippen LogP contribution in [0, 0.1) is 5.92 Å². The molecule has 0 fully saturated rings. The van der Waals surface area contributed by atoms with E-state index in [-0.39, 0.29) is 18.8 Å². The van der Waals surface area contributed by atoms with Gasteiger partial charge in [0.05, 0.1) is 12.3 Å². The van der Waals surface area contributed by atoms with Crippen LogP contribution in [0.4, 0.5) is 0 Å². The number of esters is 1. The number of carbonyl (C=O) groups is 2. The Hall–Kier alpha value is -2.04. The van der Waals surface area contributed by atoms with E-state index in [2.05, 4.69) is 0 Å². The first-order chi connectivity index (χ1) is 7.99. The summed E-state index contributed by atoms with van der Waals surface area (Å²) in [6.45, 7) is 1.34. The topological polar surface area (TPSA) is 83.8 Å². The second-order valence-corrected chi connectivity index (χ2v) is 3.77. The fourth-order valence-electron chi connectivity index (χ4n) is 1.12. The number of phenolic OH excluding ortho intramolecular Hbond substituents is 1. The van der Waals surface area contributed by atoms with Crippen molar-refractivity contribution in [1.29, 1.82) is 0 Å². The largest absolute Gasteiger partial charge is 0.508 e. The van der Waals surface area contributed by atoms with Gasteiger partial charge in [-0.25, -0.2) is 0 Å². The van der Waals surface area contributed by atoms with Crippen LogP contribution in [0.5, 0.6) is 5.75 Å². The van der Waals surface area contributed by atoms with Gasteiger partial charge in [0, 0.05) is 0 Å². The molecule has 1 aromatic carbocycles. The number of carboxylic acid groups (broad SMARTS) is 1. The molecule has 1 rings (SSSR count). The van der Waals surface area contributed by atoms with E-state index in [9.17, 15) is 9.59 Å². The zero-order valence-corrected chi connectivity index (χ0v) is 9.42. The van der Waals surface area contributed by atoms with Crippen molar-refractivity contribution in [2.24, 2.45) is 5.92 Å². The fraction of sp³-hybridized carbons (Fsp3) is 0.333. The normalized spacial score (nSPS) is 11.8. The molecule has 0 bridgehead atoms. The number of ether oxygens (including phenoxy) is 1. The number of carboxylic acids is 1. The van der Waals surface area contributed by atoms with Crippen molar-refractivity contribution in [1.82, 2.24) is 0 Å². The highest BCUT2D eigenvalue weighted by atomic mass is 16.5. The summed E-state index contributed by atoms with van der Waals surface area (Å²) in [5, 5.41) is 17.6. The molecule has 0 heterocycles. The van der Waals surface area contributed by atoms with Crippen molar-refractivity contribution >= 4 is 11.9 Å². The van der Waals surface area contributed by atoms with Crippen molar-refractivity contribution in [3.63, 3.8) is 0 Å². The van der Waals surface area contributed by atoms with E-state index in [0.29, 0.717) is 5.56 Å². The van der Waals surface area contributed by atoms with Crippen LogP contribution < -0.4 is 0 Å². The second-order valence-electron chi connectivity index (χ2n) is 3.77. The number of aliphatic carboxylic acids is 1. The van der Waals surface area contributed by atoms with Gasteiger partial charge < -0.3 is 14.9 Å². The first kappa shape index (κ1) is 13.0. The monoisotopic (exact) mass is 238 g/mol. The van der Waals surface area contributed by atoms with E-state index in [0.717, 1.165) is 0 Å². The summed E-state index contributed by atoms with van der Waals surface area (Å²) in [7, 11) is 0. The predicted molar refractivity (Wildman–Crippen MR) is 59.6 cm³/mol. The first-order valence-corrected chi connectivity index (χ1v) is 5.15. The molecule has 0 saturated carbocycles. The molecule has 0 aliphatic heterocycles. The van der Waals surface area contributed by atoms with Crippen LogP contribution in [0.2, 0.25) is 0 Å². The fourth-order valence-corrected chi connectivity index (χ4v) is 1.12. The van der Waals surface area contributed by atoms with Gasteiger partial charge in [-0.3, -0.25) is 9.59 Å². The van der Waals surface area contributed by atoms with Crippen molar-refractivity contribution in [3.05, 3.63) is 29.8 Å². The Bertz CT molecular complexity index is 396. The summed E-state index contributed by atoms with van der Waals surface area (Å²) in [5.74, 6) is -2.06. The van der Waals surface area contributed by atoms with Gasteiger partial charge in [0.1, 0.15) is 12.4 Å². The van der Waals surface area contributed by atoms with Crippen molar-refractivity contribution < 1.29 is 24.5 Å². The first-order valence-electron chi connectivity index (χ1n) is 5.15. The second kappa shape index (κ2) is 5.89. The summed E-state index contributed by atoms with van der Waals surface area (Å²) in [6, 6.07) is 6.17. The number of benzene rings is 1. The van der Waals surface area contributed by atoms with E-state index in [4.69, 9.17) is 14.9 Å². The third kappa shape index (κ3) is 4.55. The molecule has 0 aliphatic rings. The van der Waals surface area contributed by atoms with Crippen LogP contribution in [-0.2, 0) is 20.7 Å². The minimum Gasteiger partial charge on any atom is -0.508 e. The lowest BCUT2D eigenvalue weighted by Crippen LogP contribution is -2.19. The van der Waals surface area contributed by atoms with Gasteiger partial charge in [-0.2, -0.15) is 0 Å². The molecule has 0 amide bonds. The highest BCUT2D eigenvalue weighted by Crippen LogP contribution is 2.10. The van der Waals surface area contributed by atoms with Crippen molar-refractivity contribution in [3.8, 4) is 5.75 Å². The zero-order valence-electron chi connectivity index (χ0n) is 9.42. The molecule has 0 radical (unpaired) electrons. The molecule has 2 N–H and O–H groups in total. The Morgan fingerprint density at radius 3 is 2.41 bits per heavy atom. The highest BCUT2D eigenvalue weighted by molar-refractivity contribution is 5.74. The Morgan fingerprint density at radius 2 is 1.88 bits per heavy atom. The molecule has 0 spiro atoms. The van der Waals surface area contributed by atoms with E-state index < -0.39 is 17.9 Å². The lowest BCUT2D eigenvalue weighted by Gasteiger charge is -2.07. The van der Waals surface area contributed by atoms with Gasteiger partial charge in [0.15, 0.2) is 0 Å². The molecule has 17 heavy (non-hydrogen) atoms. The molecule has 92 valence electrons.